The van der Waals surface area contributed by atoms with Crippen LogP contribution >= 0.6 is 0 Å². The minimum atomic E-state index is 0.933. The Morgan fingerprint density at radius 3 is 2.76 bits per heavy atom. The van der Waals surface area contributed by atoms with Crippen molar-refractivity contribution < 1.29 is 4.74 Å². The molecule has 0 atom stereocenters. The van der Waals surface area contributed by atoms with Crippen molar-refractivity contribution in [3.8, 4) is 17.0 Å². The Balaban J connectivity index is 0.000000514. The van der Waals surface area contributed by atoms with E-state index < -0.39 is 0 Å². The molecule has 3 nitrogen and oxygen atoms in total. The Labute approximate surface area is 102 Å². The van der Waals surface area contributed by atoms with Crippen LogP contribution < -0.4 is 4.74 Å². The molecule has 0 saturated heterocycles. The summed E-state index contributed by atoms with van der Waals surface area (Å²) in [6.45, 7) is 4.00. The summed E-state index contributed by atoms with van der Waals surface area (Å²) in [7, 11) is 3.67. The Hall–Kier alpha value is -1.77. The number of benzene rings is 1. The van der Waals surface area contributed by atoms with Crippen LogP contribution in [0.2, 0.25) is 0 Å². The van der Waals surface area contributed by atoms with E-state index in [2.05, 4.69) is 17.4 Å². The smallest absolute Gasteiger partial charge is 0.123 e. The maximum atomic E-state index is 5.35. The summed E-state index contributed by atoms with van der Waals surface area (Å²) < 4.78 is 7.22. The van der Waals surface area contributed by atoms with Gasteiger partial charge < -0.3 is 4.74 Å². The zero-order valence-corrected chi connectivity index (χ0v) is 10.8. The first-order valence-corrected chi connectivity index (χ1v) is 5.98. The maximum Gasteiger partial charge on any atom is 0.123 e. The number of nitrogens with zero attached hydrogens (tertiary/aromatic N) is 2. The average Bonchev–Trinajstić information content (AvgIpc) is 2.87. The molecule has 0 amide bonds. The highest BCUT2D eigenvalue weighted by atomic mass is 16.5. The average molecular weight is 230 g/mol. The summed E-state index contributed by atoms with van der Waals surface area (Å²) >= 11 is 0. The van der Waals surface area contributed by atoms with Crippen LogP contribution in [0, 0.1) is 0 Å². The van der Waals surface area contributed by atoms with E-state index in [-0.39, 0.29) is 0 Å². The van der Waals surface area contributed by atoms with Crippen molar-refractivity contribution in [1.29, 1.82) is 0 Å². The molecular weight excluding hydrogens is 212 g/mol. The molecule has 0 N–H and O–H groups in total. The maximum absolute atomic E-state index is 5.35. The van der Waals surface area contributed by atoms with Gasteiger partial charge in [-0.15, -0.1) is 0 Å². The second-order valence-electron chi connectivity index (χ2n) is 3.84. The third-order valence-electron chi connectivity index (χ3n) is 2.88. The van der Waals surface area contributed by atoms with Crippen molar-refractivity contribution in [3.63, 3.8) is 0 Å². The van der Waals surface area contributed by atoms with Crippen LogP contribution in [0.4, 0.5) is 0 Å². The van der Waals surface area contributed by atoms with Gasteiger partial charge in [0.05, 0.1) is 12.8 Å². The molecule has 1 aromatic heterocycles. The summed E-state index contributed by atoms with van der Waals surface area (Å²) in [5, 5.41) is 4.47. The molecule has 0 spiro atoms. The minimum Gasteiger partial charge on any atom is -0.496 e. The van der Waals surface area contributed by atoms with Crippen LogP contribution in [-0.2, 0) is 13.5 Å². The number of hydrogen-bond donors (Lipinski definition) is 0. The van der Waals surface area contributed by atoms with Crippen LogP contribution in [0.3, 0.4) is 0 Å². The second kappa shape index (κ2) is 4.62. The van der Waals surface area contributed by atoms with Crippen molar-refractivity contribution >= 4 is 0 Å². The van der Waals surface area contributed by atoms with Gasteiger partial charge >= 0.3 is 0 Å². The van der Waals surface area contributed by atoms with Crippen LogP contribution in [0.15, 0.2) is 24.4 Å². The summed E-state index contributed by atoms with van der Waals surface area (Å²) in [4.78, 5) is 0. The second-order valence-corrected chi connectivity index (χ2v) is 3.84. The number of aryl methyl sites for hydroxylation is 1. The van der Waals surface area contributed by atoms with Crippen molar-refractivity contribution in [1.82, 2.24) is 9.78 Å². The Morgan fingerprint density at radius 1 is 1.29 bits per heavy atom. The van der Waals surface area contributed by atoms with E-state index in [0.29, 0.717) is 0 Å². The topological polar surface area (TPSA) is 27.1 Å². The molecule has 0 bridgehead atoms. The predicted molar refractivity (Wildman–Crippen MR) is 69.4 cm³/mol. The van der Waals surface area contributed by atoms with E-state index in [1.165, 1.54) is 16.7 Å². The molecule has 90 valence electrons. The van der Waals surface area contributed by atoms with Crippen molar-refractivity contribution in [3.05, 3.63) is 35.5 Å². The van der Waals surface area contributed by atoms with Gasteiger partial charge in [-0.1, -0.05) is 26.0 Å². The van der Waals surface area contributed by atoms with E-state index in [4.69, 9.17) is 4.74 Å². The minimum absolute atomic E-state index is 0.933. The number of methoxy groups -OCH3 is 1. The monoisotopic (exact) mass is 230 g/mol. The first kappa shape index (κ1) is 11.7. The highest BCUT2D eigenvalue weighted by molar-refractivity contribution is 5.75. The molecule has 0 saturated carbocycles. The fourth-order valence-corrected chi connectivity index (χ4v) is 2.25. The summed E-state index contributed by atoms with van der Waals surface area (Å²) in [5.41, 5.74) is 4.87. The molecule has 17 heavy (non-hydrogen) atoms. The van der Waals surface area contributed by atoms with Gasteiger partial charge in [0, 0.05) is 36.4 Å². The molecule has 3 rings (SSSR count). The van der Waals surface area contributed by atoms with Gasteiger partial charge in [-0.3, -0.25) is 4.68 Å². The number of aromatic nitrogens is 2. The van der Waals surface area contributed by atoms with Crippen molar-refractivity contribution in [2.24, 2.45) is 7.05 Å². The van der Waals surface area contributed by atoms with Crippen molar-refractivity contribution in [2.45, 2.75) is 20.3 Å². The standard InChI is InChI=1S/C12H12N2O.C2H6/c1-14-7-8-6-10-9(12(8)13-14)4-3-5-11(10)15-2;1-2/h3-5,7H,6H2,1-2H3;1-2H3. The van der Waals surface area contributed by atoms with Gasteiger partial charge in [0.25, 0.3) is 0 Å². The molecule has 0 fully saturated rings. The first-order valence-electron chi connectivity index (χ1n) is 5.98. The number of rotatable bonds is 1. The van der Waals surface area contributed by atoms with Crippen LogP contribution in [-0.4, -0.2) is 16.9 Å². The largest absolute Gasteiger partial charge is 0.496 e. The zero-order chi connectivity index (χ0) is 12.4. The molecule has 0 unspecified atom stereocenters. The normalized spacial score (nSPS) is 11.3. The van der Waals surface area contributed by atoms with Gasteiger partial charge in [0.1, 0.15) is 5.75 Å². The molecule has 0 radical (unpaired) electrons. The quantitative estimate of drug-likeness (QED) is 0.642. The Kier molecular flexibility index (Phi) is 3.18. The van der Waals surface area contributed by atoms with Gasteiger partial charge in [-0.05, 0) is 6.07 Å². The first-order chi connectivity index (χ1) is 8.29. The molecular formula is C14H18N2O. The van der Waals surface area contributed by atoms with Gasteiger partial charge in [0.2, 0.25) is 0 Å². The molecule has 1 aromatic carbocycles. The lowest BCUT2D eigenvalue weighted by atomic mass is 10.1. The fraction of sp³-hybridized carbons (Fsp3) is 0.357. The van der Waals surface area contributed by atoms with Crippen LogP contribution in [0.25, 0.3) is 11.3 Å². The Morgan fingerprint density at radius 2 is 2.06 bits per heavy atom. The predicted octanol–water partition coefficient (Wildman–Crippen LogP) is 3.03. The van der Waals surface area contributed by atoms with Crippen LogP contribution in [0.1, 0.15) is 25.0 Å². The lowest BCUT2D eigenvalue weighted by molar-refractivity contribution is 0.411. The SMILES string of the molecule is CC.COc1cccc2c1Cc1cn(C)nc1-2. The van der Waals surface area contributed by atoms with E-state index in [9.17, 15) is 0 Å². The lowest BCUT2D eigenvalue weighted by Crippen LogP contribution is -1.93. The summed E-state index contributed by atoms with van der Waals surface area (Å²) in [6, 6.07) is 6.13. The van der Waals surface area contributed by atoms with Gasteiger partial charge in [-0.2, -0.15) is 5.10 Å². The van der Waals surface area contributed by atoms with E-state index in [0.717, 1.165) is 17.9 Å². The van der Waals surface area contributed by atoms with Gasteiger partial charge in [0.15, 0.2) is 0 Å². The van der Waals surface area contributed by atoms with E-state index in [1.807, 2.05) is 37.7 Å². The Bertz CT molecular complexity index is 529. The highest BCUT2D eigenvalue weighted by Gasteiger charge is 2.24. The molecule has 2 aromatic rings. The molecule has 1 heterocycles. The fourth-order valence-electron chi connectivity index (χ4n) is 2.25. The summed E-state index contributed by atoms with van der Waals surface area (Å²) in [5.74, 6) is 0.966. The number of hydrogen-bond acceptors (Lipinski definition) is 2. The van der Waals surface area contributed by atoms with E-state index >= 15 is 0 Å². The molecule has 1 aliphatic carbocycles. The van der Waals surface area contributed by atoms with Crippen molar-refractivity contribution in [2.75, 3.05) is 7.11 Å². The number of fused-ring (bicyclic) bond motifs is 3. The third kappa shape index (κ3) is 1.82. The summed E-state index contributed by atoms with van der Waals surface area (Å²) in [6.07, 6.45) is 3.01. The van der Waals surface area contributed by atoms with Crippen LogP contribution in [0.5, 0.6) is 5.75 Å². The molecule has 1 aliphatic rings. The molecule has 3 heteroatoms. The third-order valence-corrected chi connectivity index (χ3v) is 2.88. The number of ether oxygens (including phenoxy) is 1. The lowest BCUT2D eigenvalue weighted by Gasteiger charge is -2.06. The van der Waals surface area contributed by atoms with Gasteiger partial charge in [-0.25, -0.2) is 0 Å². The van der Waals surface area contributed by atoms with E-state index in [1.54, 1.807) is 7.11 Å². The zero-order valence-electron chi connectivity index (χ0n) is 10.8. The highest BCUT2D eigenvalue weighted by Crippen LogP contribution is 2.39. The molecule has 0 aliphatic heterocycles.